The quantitative estimate of drug-likeness (QED) is 0.541. The molecule has 0 radical (unpaired) electrons. The number of nitrogens with zero attached hydrogens (tertiary/aromatic N) is 1. The molecule has 138 valence electrons. The molecule has 4 heteroatoms. The van der Waals surface area contributed by atoms with E-state index in [1.807, 2.05) is 6.07 Å². The van der Waals surface area contributed by atoms with Crippen LogP contribution in [0.1, 0.15) is 43.7 Å². The summed E-state index contributed by atoms with van der Waals surface area (Å²) in [4.78, 5) is 8.10. The molecule has 0 saturated heterocycles. The molecule has 2 heterocycles. The first kappa shape index (κ1) is 18.5. The second-order valence-electron chi connectivity index (χ2n) is 6.73. The summed E-state index contributed by atoms with van der Waals surface area (Å²) in [7, 11) is 1.68. The van der Waals surface area contributed by atoms with Crippen molar-refractivity contribution in [1.82, 2.24) is 9.97 Å². The first-order valence-corrected chi connectivity index (χ1v) is 9.62. The van der Waals surface area contributed by atoms with Gasteiger partial charge in [0.05, 0.1) is 18.4 Å². The minimum atomic E-state index is 0.661. The van der Waals surface area contributed by atoms with Crippen molar-refractivity contribution in [3.05, 3.63) is 47.7 Å². The summed E-state index contributed by atoms with van der Waals surface area (Å²) in [5.74, 6) is 0.661. The predicted molar refractivity (Wildman–Crippen MR) is 109 cm³/mol. The van der Waals surface area contributed by atoms with Crippen LogP contribution in [0, 0.1) is 0 Å². The fraction of sp³-hybridized carbons (Fsp3) is 0.409. The van der Waals surface area contributed by atoms with Gasteiger partial charge in [-0.1, -0.05) is 31.5 Å². The summed E-state index contributed by atoms with van der Waals surface area (Å²) in [5.41, 5.74) is 11.9. The van der Waals surface area contributed by atoms with Gasteiger partial charge in [0.2, 0.25) is 5.88 Å². The Bertz CT molecular complexity index is 854. The van der Waals surface area contributed by atoms with E-state index in [4.69, 9.17) is 10.5 Å². The third-order valence-electron chi connectivity index (χ3n) is 4.94. The third kappa shape index (κ3) is 3.75. The Morgan fingerprint density at radius 2 is 1.96 bits per heavy atom. The zero-order chi connectivity index (χ0) is 18.4. The van der Waals surface area contributed by atoms with E-state index in [1.165, 1.54) is 34.9 Å². The monoisotopic (exact) mass is 351 g/mol. The van der Waals surface area contributed by atoms with Gasteiger partial charge in [0, 0.05) is 17.1 Å². The normalized spacial score (nSPS) is 11.2. The molecule has 0 spiro atoms. The molecule has 4 nitrogen and oxygen atoms in total. The highest BCUT2D eigenvalue weighted by molar-refractivity contribution is 5.93. The Morgan fingerprint density at radius 1 is 1.08 bits per heavy atom. The van der Waals surface area contributed by atoms with Crippen LogP contribution >= 0.6 is 0 Å². The van der Waals surface area contributed by atoms with Gasteiger partial charge in [0.1, 0.15) is 0 Å². The molecule has 0 aliphatic heterocycles. The molecular weight excluding hydrogens is 322 g/mol. The van der Waals surface area contributed by atoms with Gasteiger partial charge in [-0.25, -0.2) is 4.98 Å². The van der Waals surface area contributed by atoms with Gasteiger partial charge in [-0.15, -0.1) is 0 Å². The van der Waals surface area contributed by atoms with Crippen LogP contribution in [0.15, 0.2) is 36.5 Å². The number of ether oxygens (including phenoxy) is 1. The van der Waals surface area contributed by atoms with Crippen molar-refractivity contribution in [3.63, 3.8) is 0 Å². The van der Waals surface area contributed by atoms with Crippen molar-refractivity contribution in [1.29, 1.82) is 0 Å². The molecule has 0 fully saturated rings. The summed E-state index contributed by atoms with van der Waals surface area (Å²) in [6, 6.07) is 10.7. The van der Waals surface area contributed by atoms with Gasteiger partial charge >= 0.3 is 0 Å². The molecule has 1 aromatic carbocycles. The highest BCUT2D eigenvalue weighted by Crippen LogP contribution is 2.36. The minimum Gasteiger partial charge on any atom is -0.481 e. The number of fused-ring (bicyclic) bond motifs is 1. The number of unbranched alkanes of at least 4 members (excludes halogenated alkanes) is 2. The van der Waals surface area contributed by atoms with Gasteiger partial charge in [-0.3, -0.25) is 0 Å². The van der Waals surface area contributed by atoms with E-state index in [0.29, 0.717) is 5.88 Å². The number of rotatable bonds is 9. The zero-order valence-electron chi connectivity index (χ0n) is 15.8. The van der Waals surface area contributed by atoms with Crippen LogP contribution in [0.4, 0.5) is 0 Å². The average molecular weight is 351 g/mol. The Balaban J connectivity index is 2.14. The molecule has 0 unspecified atom stereocenters. The van der Waals surface area contributed by atoms with E-state index >= 15 is 0 Å². The number of methoxy groups -OCH3 is 1. The number of para-hydroxylation sites is 1. The zero-order valence-corrected chi connectivity index (χ0v) is 15.8. The number of hydrogen-bond acceptors (Lipinski definition) is 3. The van der Waals surface area contributed by atoms with Crippen LogP contribution in [0.25, 0.3) is 22.2 Å². The summed E-state index contributed by atoms with van der Waals surface area (Å²) >= 11 is 0. The van der Waals surface area contributed by atoms with Crippen molar-refractivity contribution in [3.8, 4) is 17.1 Å². The van der Waals surface area contributed by atoms with Crippen molar-refractivity contribution < 1.29 is 4.74 Å². The first-order valence-electron chi connectivity index (χ1n) is 9.62. The molecular formula is C22H29N3O. The second-order valence-corrected chi connectivity index (χ2v) is 6.73. The van der Waals surface area contributed by atoms with Gasteiger partial charge in [0.25, 0.3) is 0 Å². The number of H-pyrrole nitrogens is 1. The SMILES string of the molecule is CCCCc1cccc2c(CCCCN)c(-c3cccnc3OC)[nH]c12. The maximum absolute atomic E-state index is 5.72. The molecule has 3 rings (SSSR count). The van der Waals surface area contributed by atoms with Gasteiger partial charge in [-0.2, -0.15) is 0 Å². The van der Waals surface area contributed by atoms with E-state index in [1.54, 1.807) is 13.3 Å². The molecule has 0 aliphatic rings. The fourth-order valence-corrected chi connectivity index (χ4v) is 3.59. The van der Waals surface area contributed by atoms with Crippen LogP contribution in [0.5, 0.6) is 5.88 Å². The van der Waals surface area contributed by atoms with E-state index in [2.05, 4.69) is 41.2 Å². The van der Waals surface area contributed by atoms with Crippen molar-refractivity contribution in [2.45, 2.75) is 45.4 Å². The standard InChI is InChI=1S/C22H29N3O/c1-3-4-9-16-10-7-12-17-18(11-5-6-14-23)21(25-20(16)17)19-13-8-15-24-22(19)26-2/h7-8,10,12-13,15,25H,3-6,9,11,14,23H2,1-2H3. The molecule has 0 saturated carbocycles. The molecule has 0 bridgehead atoms. The van der Waals surface area contributed by atoms with Crippen LogP contribution in [0.3, 0.4) is 0 Å². The number of benzene rings is 1. The van der Waals surface area contributed by atoms with E-state index < -0.39 is 0 Å². The van der Waals surface area contributed by atoms with Crippen molar-refractivity contribution >= 4 is 10.9 Å². The number of nitrogens with one attached hydrogen (secondary N) is 1. The lowest BCUT2D eigenvalue weighted by atomic mass is 9.99. The number of hydrogen-bond donors (Lipinski definition) is 2. The van der Waals surface area contributed by atoms with Crippen molar-refractivity contribution in [2.24, 2.45) is 5.73 Å². The van der Waals surface area contributed by atoms with Gasteiger partial charge < -0.3 is 15.5 Å². The molecule has 3 N–H and O–H groups in total. The molecule has 0 aliphatic carbocycles. The number of aromatic amines is 1. The molecule has 0 atom stereocenters. The minimum absolute atomic E-state index is 0.661. The molecule has 3 aromatic rings. The van der Waals surface area contributed by atoms with Crippen LogP contribution in [-0.4, -0.2) is 23.6 Å². The van der Waals surface area contributed by atoms with E-state index in [9.17, 15) is 0 Å². The average Bonchev–Trinajstić information content (AvgIpc) is 3.05. The Hall–Kier alpha value is -2.33. The number of pyridine rings is 1. The van der Waals surface area contributed by atoms with Crippen LogP contribution in [0.2, 0.25) is 0 Å². The highest BCUT2D eigenvalue weighted by atomic mass is 16.5. The highest BCUT2D eigenvalue weighted by Gasteiger charge is 2.18. The van der Waals surface area contributed by atoms with Crippen molar-refractivity contribution in [2.75, 3.05) is 13.7 Å². The topological polar surface area (TPSA) is 63.9 Å². The van der Waals surface area contributed by atoms with Gasteiger partial charge in [0.15, 0.2) is 0 Å². The smallest absolute Gasteiger partial charge is 0.222 e. The maximum Gasteiger partial charge on any atom is 0.222 e. The summed E-state index contributed by atoms with van der Waals surface area (Å²) in [6.45, 7) is 2.97. The lowest BCUT2D eigenvalue weighted by Gasteiger charge is -2.08. The number of nitrogens with two attached hydrogens (primary N) is 1. The lowest BCUT2D eigenvalue weighted by Crippen LogP contribution is -1.99. The number of aromatic nitrogens is 2. The number of aryl methyl sites for hydroxylation is 2. The summed E-state index contributed by atoms with van der Waals surface area (Å²) < 4.78 is 5.52. The lowest BCUT2D eigenvalue weighted by molar-refractivity contribution is 0.399. The fourth-order valence-electron chi connectivity index (χ4n) is 3.59. The second kappa shape index (κ2) is 8.86. The van der Waals surface area contributed by atoms with E-state index in [0.717, 1.165) is 43.5 Å². The Labute approximate surface area is 155 Å². The third-order valence-corrected chi connectivity index (χ3v) is 4.94. The Morgan fingerprint density at radius 3 is 2.73 bits per heavy atom. The summed E-state index contributed by atoms with van der Waals surface area (Å²) in [5, 5.41) is 1.32. The van der Waals surface area contributed by atoms with E-state index in [-0.39, 0.29) is 0 Å². The largest absolute Gasteiger partial charge is 0.481 e. The van der Waals surface area contributed by atoms with Crippen LogP contribution in [-0.2, 0) is 12.8 Å². The summed E-state index contributed by atoms with van der Waals surface area (Å²) in [6.07, 6.45) is 8.38. The molecule has 2 aromatic heterocycles. The maximum atomic E-state index is 5.72. The first-order chi connectivity index (χ1) is 12.8. The molecule has 0 amide bonds. The predicted octanol–water partition coefficient (Wildman–Crippen LogP) is 4.86. The Kier molecular flexibility index (Phi) is 6.29. The molecule has 26 heavy (non-hydrogen) atoms. The van der Waals surface area contributed by atoms with Crippen LogP contribution < -0.4 is 10.5 Å². The van der Waals surface area contributed by atoms with Gasteiger partial charge in [-0.05, 0) is 61.9 Å².